The highest BCUT2D eigenvalue weighted by Crippen LogP contribution is 2.31. The van der Waals surface area contributed by atoms with Crippen LogP contribution in [0.15, 0.2) is 96.3 Å². The molecule has 4 aliphatic heterocycles. The molecule has 10 rings (SSSR count). The number of amides is 2. The lowest BCUT2D eigenvalue weighted by Gasteiger charge is -2.40. The number of hydrogen-bond acceptors (Lipinski definition) is 24. The highest BCUT2D eigenvalue weighted by atomic mass is 16.7. The molecule has 6 aromatic rings. The van der Waals surface area contributed by atoms with Crippen molar-refractivity contribution in [3.05, 3.63) is 119 Å². The number of carbonyl (C=O) groups is 2. The first kappa shape index (κ1) is 76.3. The summed E-state index contributed by atoms with van der Waals surface area (Å²) in [7, 11) is 2.89. The van der Waals surface area contributed by atoms with Crippen LogP contribution in [0.5, 0.6) is 0 Å². The lowest BCUT2D eigenvalue weighted by molar-refractivity contribution is -0.277. The van der Waals surface area contributed by atoms with E-state index < -0.39 is 72.9 Å². The quantitative estimate of drug-likeness (QED) is 0.0179. The van der Waals surface area contributed by atoms with Crippen LogP contribution in [0, 0.1) is 34.5 Å². The summed E-state index contributed by atoms with van der Waals surface area (Å²) in [5.74, 6) is -1.72. The molecule has 2 aromatic heterocycles. The molecule has 28 nitrogen and oxygen atoms in total. The second kappa shape index (κ2) is 39.9. The minimum Gasteiger partial charge on any atom is -0.390 e. The molecule has 100 heavy (non-hydrogen) atoms. The van der Waals surface area contributed by atoms with Crippen molar-refractivity contribution in [3.8, 4) is 12.1 Å². The smallest absolute Gasteiger partial charge is 0.262 e. The number of fused-ring (bicyclic) bond motifs is 2. The van der Waals surface area contributed by atoms with Crippen LogP contribution in [0.4, 0.5) is 11.4 Å². The molecular weight excluding hydrogens is 1290 g/mol. The molecular formula is C72H96N12O16. The summed E-state index contributed by atoms with van der Waals surface area (Å²) in [4.78, 5) is 30.1. The van der Waals surface area contributed by atoms with Crippen LogP contribution in [0.3, 0.4) is 0 Å². The summed E-state index contributed by atoms with van der Waals surface area (Å²) in [6.07, 6.45) is 7.70. The summed E-state index contributed by atoms with van der Waals surface area (Å²) in [5.41, 5.74) is 5.36. The van der Waals surface area contributed by atoms with E-state index in [-0.39, 0.29) is 63.8 Å². The molecule has 10 atom stereocenters. The number of aliphatic hydroxyl groups is 4. The molecule has 540 valence electrons. The number of aliphatic hydroxyl groups excluding tert-OH is 4. The van der Waals surface area contributed by atoms with E-state index in [1.165, 1.54) is 64.1 Å². The number of hydrogen-bond donors (Lipinski definition) is 6. The second-order valence-corrected chi connectivity index (χ2v) is 25.2. The van der Waals surface area contributed by atoms with Crippen LogP contribution in [0.25, 0.3) is 33.7 Å². The third-order valence-electron chi connectivity index (χ3n) is 18.0. The van der Waals surface area contributed by atoms with Gasteiger partial charge in [-0.3, -0.25) is 9.59 Å². The zero-order valence-electron chi connectivity index (χ0n) is 57.6. The van der Waals surface area contributed by atoms with Crippen molar-refractivity contribution < 1.29 is 77.4 Å². The van der Waals surface area contributed by atoms with Gasteiger partial charge in [0.15, 0.2) is 12.6 Å². The summed E-state index contributed by atoms with van der Waals surface area (Å²) in [6, 6.07) is 28.8. The average molecular weight is 1390 g/mol. The lowest BCUT2D eigenvalue weighted by atomic mass is 9.90. The number of benzene rings is 4. The molecule has 5 unspecified atom stereocenters. The summed E-state index contributed by atoms with van der Waals surface area (Å²) < 4.78 is 58.2. The molecule has 6 heterocycles. The van der Waals surface area contributed by atoms with E-state index in [0.717, 1.165) is 58.9 Å². The number of aromatic nitrogens is 6. The van der Waals surface area contributed by atoms with Crippen LogP contribution >= 0.6 is 0 Å². The van der Waals surface area contributed by atoms with E-state index >= 15 is 0 Å². The molecule has 0 radical (unpaired) electrons. The normalized spacial score (nSPS) is 22.8. The van der Waals surface area contributed by atoms with E-state index in [1.54, 1.807) is 47.8 Å². The Balaban J connectivity index is 0.000000233. The maximum atomic E-state index is 12.6. The Hall–Kier alpha value is -7.88. The average Bonchev–Trinajstić information content (AvgIpc) is 0.914. The summed E-state index contributed by atoms with van der Waals surface area (Å²) in [6.45, 7) is 12.7. The van der Waals surface area contributed by atoms with Crippen molar-refractivity contribution in [2.45, 2.75) is 128 Å². The van der Waals surface area contributed by atoms with E-state index in [0.29, 0.717) is 64.2 Å². The number of nitrogens with zero attached hydrogens (tertiary/aromatic N) is 10. The van der Waals surface area contributed by atoms with Crippen molar-refractivity contribution in [1.82, 2.24) is 40.6 Å². The predicted octanol–water partition coefficient (Wildman–Crippen LogP) is 4.85. The molecule has 2 amide bonds. The first-order valence-electron chi connectivity index (χ1n) is 34.4. The van der Waals surface area contributed by atoms with Crippen LogP contribution in [0.2, 0.25) is 0 Å². The Morgan fingerprint density at radius 1 is 0.510 bits per heavy atom. The Bertz CT molecular complexity index is 3440. The van der Waals surface area contributed by atoms with Gasteiger partial charge >= 0.3 is 0 Å². The highest BCUT2D eigenvalue weighted by Gasteiger charge is 2.44. The molecule has 6 N–H and O–H groups in total. The largest absolute Gasteiger partial charge is 0.390 e. The number of methoxy groups -OCH3 is 2. The van der Waals surface area contributed by atoms with E-state index in [2.05, 4.69) is 77.5 Å². The van der Waals surface area contributed by atoms with Gasteiger partial charge < -0.3 is 88.2 Å². The molecule has 0 bridgehead atoms. The van der Waals surface area contributed by atoms with Gasteiger partial charge in [0.2, 0.25) is 0 Å². The van der Waals surface area contributed by atoms with Crippen LogP contribution in [0.1, 0.15) is 74.9 Å². The van der Waals surface area contributed by atoms with Gasteiger partial charge in [0, 0.05) is 76.7 Å². The number of nitriles is 2. The van der Waals surface area contributed by atoms with E-state index in [1.807, 2.05) is 48.5 Å². The first-order valence-corrected chi connectivity index (χ1v) is 34.4. The molecule has 4 saturated heterocycles. The van der Waals surface area contributed by atoms with Gasteiger partial charge in [0.1, 0.15) is 59.1 Å². The van der Waals surface area contributed by atoms with Gasteiger partial charge in [-0.2, -0.15) is 10.5 Å². The number of rotatable bonds is 34. The standard InChI is InChI=1S/2C36H48N6O8/c2*1-25-33(43)32(50-36(46-2)34(25)44)23-42-22-30(39-40-42)24-49-17-16-48-15-14-47-13-10-38-35(45)29(21-37)19-26-6-7-28-20-31(9-8-27(28)18-26)41-11-4-3-5-12-41/h2*6-9,18-20,22,25,32-34,36,43-44H,3-5,10-17,23-24H2,1-2H3,(H,38,45)/b2*29-19+/t25-,32+,33-,34+,36-;/m0./s1. The molecule has 0 aliphatic carbocycles. The fourth-order valence-corrected chi connectivity index (χ4v) is 12.2. The fourth-order valence-electron chi connectivity index (χ4n) is 12.2. The molecule has 0 saturated carbocycles. The Kier molecular flexibility index (Phi) is 30.5. The monoisotopic (exact) mass is 1380 g/mol. The van der Waals surface area contributed by atoms with Crippen molar-refractivity contribution in [2.75, 3.05) is 129 Å². The summed E-state index contributed by atoms with van der Waals surface area (Å²) in [5, 5.41) is 86.6. The zero-order valence-corrected chi connectivity index (χ0v) is 57.6. The van der Waals surface area contributed by atoms with E-state index in [9.17, 15) is 40.5 Å². The number of piperidine rings is 2. The molecule has 28 heteroatoms. The molecule has 0 spiro atoms. The Morgan fingerprint density at radius 3 is 1.25 bits per heavy atom. The van der Waals surface area contributed by atoms with Gasteiger partial charge in [-0.05, 0) is 120 Å². The highest BCUT2D eigenvalue weighted by molar-refractivity contribution is 6.03. The third kappa shape index (κ3) is 22.6. The Morgan fingerprint density at radius 2 is 0.870 bits per heavy atom. The van der Waals surface area contributed by atoms with Gasteiger partial charge in [0.05, 0.1) is 117 Å². The number of carbonyl (C=O) groups excluding carboxylic acids is 2. The fraction of sp³-hybridized carbons (Fsp3) is 0.556. The maximum Gasteiger partial charge on any atom is 0.262 e. The molecule has 4 aliphatic rings. The topological polar surface area (TPSA) is 347 Å². The SMILES string of the molecule is COC1OC(Cn2cc(COCCOCCOCCNC(=O)/C(C#N)=C/c3ccc4cc(N5CCCCC5)ccc4c3)nn2)C(O)C(C)C1O.CO[C@H]1O[C@H](Cn2cc(COCCOCCOCCNC(=O)/C(C#N)=C/c3ccc4cc(N5CCCCC5)ccc4c3)nn2)[C@@H](O)[C@H](C)[C@H]1O. The van der Waals surface area contributed by atoms with Gasteiger partial charge in [-0.15, -0.1) is 10.2 Å². The van der Waals surface area contributed by atoms with Crippen LogP contribution in [-0.4, -0.2) is 231 Å². The summed E-state index contributed by atoms with van der Waals surface area (Å²) >= 11 is 0. The van der Waals surface area contributed by atoms with Crippen molar-refractivity contribution in [1.29, 1.82) is 10.5 Å². The van der Waals surface area contributed by atoms with Crippen molar-refractivity contribution in [2.24, 2.45) is 11.8 Å². The number of ether oxygens (including phenoxy) is 10. The van der Waals surface area contributed by atoms with Gasteiger partial charge in [0.25, 0.3) is 11.8 Å². The molecule has 4 aromatic carbocycles. The van der Waals surface area contributed by atoms with Crippen LogP contribution in [-0.2, 0) is 83.3 Å². The van der Waals surface area contributed by atoms with E-state index in [4.69, 9.17) is 47.4 Å². The maximum absolute atomic E-state index is 12.6. The Labute approximate surface area is 583 Å². The number of nitrogens with one attached hydrogen (secondary N) is 2. The first-order chi connectivity index (χ1) is 48.7. The van der Waals surface area contributed by atoms with Crippen molar-refractivity contribution in [3.63, 3.8) is 0 Å². The van der Waals surface area contributed by atoms with Gasteiger partial charge in [-0.1, -0.05) is 60.7 Å². The van der Waals surface area contributed by atoms with Crippen molar-refractivity contribution >= 4 is 56.9 Å². The predicted molar refractivity (Wildman–Crippen MR) is 370 cm³/mol. The second-order valence-electron chi connectivity index (χ2n) is 25.2. The zero-order chi connectivity index (χ0) is 70.6. The van der Waals surface area contributed by atoms with Crippen LogP contribution < -0.4 is 20.4 Å². The third-order valence-corrected chi connectivity index (χ3v) is 18.0. The lowest BCUT2D eigenvalue weighted by Crippen LogP contribution is -2.54. The minimum absolute atomic E-state index is 0.0350. The minimum atomic E-state index is -0.917. The van der Waals surface area contributed by atoms with Gasteiger partial charge in [-0.25, -0.2) is 9.36 Å². The number of anilines is 2. The molecule has 4 fully saturated rings.